The van der Waals surface area contributed by atoms with Gasteiger partial charge in [0.15, 0.2) is 0 Å². The first-order chi connectivity index (χ1) is 17.5. The van der Waals surface area contributed by atoms with Gasteiger partial charge in [-0.05, 0) is 62.7 Å². The molecule has 1 aromatic heterocycles. The molecule has 0 aliphatic carbocycles. The van der Waals surface area contributed by atoms with Crippen LogP contribution in [-0.2, 0) is 20.5 Å². The molecule has 0 atom stereocenters. The van der Waals surface area contributed by atoms with E-state index in [1.807, 2.05) is 0 Å². The van der Waals surface area contributed by atoms with Gasteiger partial charge >= 0.3 is 12.1 Å². The van der Waals surface area contributed by atoms with Gasteiger partial charge in [0, 0.05) is 23.2 Å². The van der Waals surface area contributed by atoms with Gasteiger partial charge in [0.2, 0.25) is 0 Å². The van der Waals surface area contributed by atoms with Gasteiger partial charge in [0.25, 0.3) is 5.91 Å². The third-order valence-corrected chi connectivity index (χ3v) is 6.32. The number of nitrogens with zero attached hydrogens (tertiary/aromatic N) is 2. The van der Waals surface area contributed by atoms with Gasteiger partial charge < -0.3 is 14.0 Å². The van der Waals surface area contributed by atoms with Crippen molar-refractivity contribution in [2.75, 3.05) is 19.1 Å². The summed E-state index contributed by atoms with van der Waals surface area (Å²) in [6, 6.07) is 13.8. The molecule has 9 heteroatoms. The van der Waals surface area contributed by atoms with Gasteiger partial charge in [-0.25, -0.2) is 4.79 Å². The Hall–Kier alpha value is -4.27. The summed E-state index contributed by atoms with van der Waals surface area (Å²) in [4.78, 5) is 27.8. The Morgan fingerprint density at radius 2 is 1.68 bits per heavy atom. The van der Waals surface area contributed by atoms with E-state index < -0.39 is 23.6 Å². The summed E-state index contributed by atoms with van der Waals surface area (Å²) >= 11 is 0. The van der Waals surface area contributed by atoms with Crippen LogP contribution in [0, 0.1) is 13.8 Å². The topological polar surface area (TPSA) is 60.8 Å². The number of ether oxygens (including phenoxy) is 2. The van der Waals surface area contributed by atoms with E-state index in [-0.39, 0.29) is 16.8 Å². The number of amides is 1. The Morgan fingerprint density at radius 1 is 0.973 bits per heavy atom. The zero-order chi connectivity index (χ0) is 27.1. The third-order valence-electron chi connectivity index (χ3n) is 6.32. The average molecular weight is 511 g/mol. The van der Waals surface area contributed by atoms with Crippen LogP contribution < -0.4 is 9.64 Å². The van der Waals surface area contributed by atoms with E-state index in [4.69, 9.17) is 9.47 Å². The molecule has 0 saturated heterocycles. The number of para-hydroxylation sites is 1. The summed E-state index contributed by atoms with van der Waals surface area (Å²) in [7, 11) is 2.73. The lowest BCUT2D eigenvalue weighted by Gasteiger charge is -2.18. The molecule has 0 bridgehead atoms. The number of methoxy groups -OCH3 is 2. The van der Waals surface area contributed by atoms with Gasteiger partial charge in [0.1, 0.15) is 5.75 Å². The molecule has 0 spiro atoms. The van der Waals surface area contributed by atoms with E-state index in [1.54, 1.807) is 51.1 Å². The van der Waals surface area contributed by atoms with Gasteiger partial charge in [-0.3, -0.25) is 9.69 Å². The van der Waals surface area contributed by atoms with Crippen LogP contribution >= 0.6 is 0 Å². The maximum atomic E-state index is 13.7. The standard InChI is InChI=1S/C28H25F3N2O4/c1-16-13-19(17(2)32(16)24-12-7-6-11-23(24)28(29,30)31)14-22-25(27(35)37-5)18(3)33(26(22)34)20-9-8-10-21(15-20)36-4/h6-15H,1-5H3/b22-14-. The minimum atomic E-state index is -4.55. The summed E-state index contributed by atoms with van der Waals surface area (Å²) in [5.74, 6) is -0.632. The van der Waals surface area contributed by atoms with E-state index in [0.29, 0.717) is 34.1 Å². The number of aryl methyl sites for hydroxylation is 1. The van der Waals surface area contributed by atoms with E-state index >= 15 is 0 Å². The fourth-order valence-corrected chi connectivity index (χ4v) is 4.61. The van der Waals surface area contributed by atoms with Crippen LogP contribution in [0.15, 0.2) is 71.4 Å². The van der Waals surface area contributed by atoms with Crippen molar-refractivity contribution in [1.82, 2.24) is 4.57 Å². The smallest absolute Gasteiger partial charge is 0.418 e. The van der Waals surface area contributed by atoms with Crippen LogP contribution in [0.4, 0.5) is 18.9 Å². The molecule has 0 fully saturated rings. The van der Waals surface area contributed by atoms with Crippen LogP contribution in [0.1, 0.15) is 29.4 Å². The minimum Gasteiger partial charge on any atom is -0.497 e. The zero-order valence-electron chi connectivity index (χ0n) is 20.9. The second-order valence-electron chi connectivity index (χ2n) is 8.53. The normalized spacial score (nSPS) is 15.1. The second kappa shape index (κ2) is 9.65. The molecule has 2 heterocycles. The van der Waals surface area contributed by atoms with E-state index in [9.17, 15) is 22.8 Å². The monoisotopic (exact) mass is 510 g/mol. The van der Waals surface area contributed by atoms with Gasteiger partial charge in [0.05, 0.1) is 42.3 Å². The van der Waals surface area contributed by atoms with E-state index in [2.05, 4.69) is 0 Å². The highest BCUT2D eigenvalue weighted by atomic mass is 19.4. The number of hydrogen-bond acceptors (Lipinski definition) is 4. The lowest BCUT2D eigenvalue weighted by atomic mass is 10.0. The highest BCUT2D eigenvalue weighted by Crippen LogP contribution is 2.39. The first-order valence-electron chi connectivity index (χ1n) is 11.3. The summed E-state index contributed by atoms with van der Waals surface area (Å²) in [5.41, 5.74) is 1.75. The zero-order valence-corrected chi connectivity index (χ0v) is 20.9. The maximum Gasteiger partial charge on any atom is 0.418 e. The summed E-state index contributed by atoms with van der Waals surface area (Å²) in [5, 5.41) is 0. The molecule has 4 rings (SSSR count). The van der Waals surface area contributed by atoms with Crippen LogP contribution in [0.3, 0.4) is 0 Å². The van der Waals surface area contributed by atoms with Crippen molar-refractivity contribution in [1.29, 1.82) is 0 Å². The van der Waals surface area contributed by atoms with Crippen molar-refractivity contribution in [2.45, 2.75) is 26.9 Å². The van der Waals surface area contributed by atoms with Crippen molar-refractivity contribution < 1.29 is 32.2 Å². The number of hydrogen-bond donors (Lipinski definition) is 0. The SMILES string of the molecule is COC(=O)C1=C(C)N(c2cccc(OC)c2)C(=O)/C1=C\c1cc(C)n(-c2ccccc2C(F)(F)F)c1C. The largest absolute Gasteiger partial charge is 0.497 e. The van der Waals surface area contributed by atoms with E-state index in [1.165, 1.54) is 48.0 Å². The number of anilines is 1. The third kappa shape index (κ3) is 4.52. The van der Waals surface area contributed by atoms with Gasteiger partial charge in [-0.1, -0.05) is 18.2 Å². The Labute approximate surface area is 212 Å². The lowest BCUT2D eigenvalue weighted by Crippen LogP contribution is -2.24. The Morgan fingerprint density at radius 3 is 2.32 bits per heavy atom. The lowest BCUT2D eigenvalue weighted by molar-refractivity contribution is -0.137. The number of esters is 1. The summed E-state index contributed by atoms with van der Waals surface area (Å²) in [6.07, 6.45) is -3.03. The van der Waals surface area contributed by atoms with Crippen LogP contribution in [0.2, 0.25) is 0 Å². The molecular formula is C28H25F3N2O4. The summed E-state index contributed by atoms with van der Waals surface area (Å²) in [6.45, 7) is 4.98. The molecule has 6 nitrogen and oxygen atoms in total. The molecule has 1 aliphatic heterocycles. The number of carbonyl (C=O) groups is 2. The van der Waals surface area contributed by atoms with Crippen LogP contribution in [0.5, 0.6) is 5.75 Å². The van der Waals surface area contributed by atoms with Crippen LogP contribution in [0.25, 0.3) is 11.8 Å². The molecular weight excluding hydrogens is 485 g/mol. The molecule has 0 radical (unpaired) electrons. The molecule has 0 unspecified atom stereocenters. The molecule has 0 saturated carbocycles. The number of rotatable bonds is 5. The van der Waals surface area contributed by atoms with Crippen molar-refractivity contribution in [3.05, 3.63) is 94.0 Å². The van der Waals surface area contributed by atoms with Crippen molar-refractivity contribution in [3.63, 3.8) is 0 Å². The van der Waals surface area contributed by atoms with Crippen molar-refractivity contribution in [3.8, 4) is 11.4 Å². The Bertz CT molecular complexity index is 1460. The molecule has 192 valence electrons. The number of halogens is 3. The first-order valence-corrected chi connectivity index (χ1v) is 11.3. The molecule has 1 amide bonds. The fraction of sp³-hybridized carbons (Fsp3) is 0.214. The highest BCUT2D eigenvalue weighted by Gasteiger charge is 2.38. The predicted molar refractivity (Wildman–Crippen MR) is 133 cm³/mol. The van der Waals surface area contributed by atoms with Gasteiger partial charge in [-0.15, -0.1) is 0 Å². The predicted octanol–water partition coefficient (Wildman–Crippen LogP) is 6.00. The number of benzene rings is 2. The number of alkyl halides is 3. The maximum absolute atomic E-state index is 13.7. The minimum absolute atomic E-state index is 0.0229. The molecule has 2 aromatic carbocycles. The molecule has 1 aliphatic rings. The molecule has 37 heavy (non-hydrogen) atoms. The number of allylic oxidation sites excluding steroid dienone is 1. The molecule has 0 N–H and O–H groups in total. The number of carbonyl (C=O) groups excluding carboxylic acids is 2. The van der Waals surface area contributed by atoms with Crippen molar-refractivity contribution in [2.24, 2.45) is 0 Å². The second-order valence-corrected chi connectivity index (χ2v) is 8.53. The average Bonchev–Trinajstić information content (AvgIpc) is 3.28. The fourth-order valence-electron chi connectivity index (χ4n) is 4.61. The van der Waals surface area contributed by atoms with E-state index in [0.717, 1.165) is 6.07 Å². The number of aromatic nitrogens is 1. The highest BCUT2D eigenvalue weighted by molar-refractivity contribution is 6.23. The Kier molecular flexibility index (Phi) is 6.73. The quantitative estimate of drug-likeness (QED) is 0.312. The summed E-state index contributed by atoms with van der Waals surface area (Å²) < 4.78 is 52.9. The van der Waals surface area contributed by atoms with Crippen molar-refractivity contribution >= 4 is 23.6 Å². The van der Waals surface area contributed by atoms with Crippen LogP contribution in [-0.4, -0.2) is 30.7 Å². The first kappa shape index (κ1) is 25.8. The Balaban J connectivity index is 1.87. The van der Waals surface area contributed by atoms with Gasteiger partial charge in [-0.2, -0.15) is 13.2 Å². The molecule has 3 aromatic rings.